The van der Waals surface area contributed by atoms with E-state index in [0.29, 0.717) is 5.02 Å². The molecule has 8 heteroatoms. The van der Waals surface area contributed by atoms with Crippen molar-refractivity contribution in [1.82, 2.24) is 19.2 Å². The van der Waals surface area contributed by atoms with Gasteiger partial charge in [0.15, 0.2) is 0 Å². The molecular weight excluding hydrogens is 489 g/mol. The summed E-state index contributed by atoms with van der Waals surface area (Å²) in [5, 5.41) is 8.23. The Labute approximate surface area is 218 Å². The van der Waals surface area contributed by atoms with E-state index in [1.165, 1.54) is 6.07 Å². The van der Waals surface area contributed by atoms with Crippen LogP contribution in [-0.4, -0.2) is 25.3 Å². The van der Waals surface area contributed by atoms with E-state index in [1.54, 1.807) is 23.1 Å². The predicted molar refractivity (Wildman–Crippen MR) is 142 cm³/mol. The first-order valence-electron chi connectivity index (χ1n) is 11.9. The van der Waals surface area contributed by atoms with E-state index in [2.05, 4.69) is 9.88 Å². The van der Waals surface area contributed by atoms with Gasteiger partial charge in [0, 0.05) is 16.8 Å². The molecule has 1 N–H and O–H groups in total. The van der Waals surface area contributed by atoms with Gasteiger partial charge in [-0.25, -0.2) is 13.9 Å². The zero-order valence-electron chi connectivity index (χ0n) is 20.0. The number of para-hydroxylation sites is 2. The van der Waals surface area contributed by atoms with Gasteiger partial charge in [-0.15, -0.1) is 0 Å². The van der Waals surface area contributed by atoms with Gasteiger partial charge in [0.05, 0.1) is 35.3 Å². The Balaban J connectivity index is 1.54. The molecule has 6 nitrogen and oxygen atoms in total. The number of benzene rings is 3. The fourth-order valence-corrected chi connectivity index (χ4v) is 5.02. The molecule has 0 spiro atoms. The normalized spacial score (nSPS) is 14.6. The van der Waals surface area contributed by atoms with Crippen molar-refractivity contribution >= 4 is 23.3 Å². The van der Waals surface area contributed by atoms with Gasteiger partial charge in [0.1, 0.15) is 11.6 Å². The smallest absolute Gasteiger partial charge is 0.307 e. The van der Waals surface area contributed by atoms with Crippen LogP contribution in [0.2, 0.25) is 5.02 Å². The number of rotatable bonds is 3. The Bertz CT molecular complexity index is 1590. The van der Waals surface area contributed by atoms with Crippen LogP contribution in [0.15, 0.2) is 97.2 Å². The lowest BCUT2D eigenvalue weighted by molar-refractivity contribution is 0.194. The van der Waals surface area contributed by atoms with E-state index in [0.717, 1.165) is 34.0 Å². The molecular formula is C29H23ClFN5O. The first kappa shape index (κ1) is 23.1. The number of carbonyl (C=O) groups excluding carboxylic acids is 1. The first-order valence-corrected chi connectivity index (χ1v) is 12.3. The van der Waals surface area contributed by atoms with Crippen LogP contribution in [0.1, 0.15) is 28.6 Å². The number of carbonyl (C=O) groups is 1. The molecule has 0 aliphatic carbocycles. The van der Waals surface area contributed by atoms with Crippen molar-refractivity contribution in [2.24, 2.45) is 0 Å². The van der Waals surface area contributed by atoms with E-state index in [9.17, 15) is 9.18 Å². The predicted octanol–water partition coefficient (Wildman–Crippen LogP) is 6.90. The minimum absolute atomic E-state index is 0.124. The van der Waals surface area contributed by atoms with Gasteiger partial charge >= 0.3 is 6.03 Å². The van der Waals surface area contributed by atoms with Crippen molar-refractivity contribution in [1.29, 1.82) is 0 Å². The lowest BCUT2D eigenvalue weighted by Gasteiger charge is -2.31. The van der Waals surface area contributed by atoms with Gasteiger partial charge < -0.3 is 14.8 Å². The van der Waals surface area contributed by atoms with E-state index in [-0.39, 0.29) is 12.2 Å². The molecule has 0 radical (unpaired) electrons. The van der Waals surface area contributed by atoms with Crippen molar-refractivity contribution in [2.75, 3.05) is 5.32 Å². The molecule has 3 heterocycles. The van der Waals surface area contributed by atoms with Crippen LogP contribution in [-0.2, 0) is 6.54 Å². The fourth-order valence-electron chi connectivity index (χ4n) is 4.89. The van der Waals surface area contributed by atoms with E-state index >= 15 is 0 Å². The maximum absolute atomic E-state index is 14.5. The summed E-state index contributed by atoms with van der Waals surface area (Å²) >= 11 is 6.20. The minimum Gasteiger partial charge on any atom is -0.307 e. The quantitative estimate of drug-likeness (QED) is 0.286. The summed E-state index contributed by atoms with van der Waals surface area (Å²) in [6.07, 6.45) is 1.98. The van der Waals surface area contributed by atoms with Crippen molar-refractivity contribution < 1.29 is 9.18 Å². The lowest BCUT2D eigenvalue weighted by Crippen LogP contribution is -2.38. The summed E-state index contributed by atoms with van der Waals surface area (Å²) in [6.45, 7) is 2.21. The highest BCUT2D eigenvalue weighted by Crippen LogP contribution is 2.39. The SMILES string of the molecule is Cc1nn(-c2ccccc2)c2c1CN(C(=O)Nc1ccccc1F)[C@@H](c1ccc(Cl)cc1)c1cccn1-2. The van der Waals surface area contributed by atoms with Gasteiger partial charge in [0.2, 0.25) is 0 Å². The molecule has 1 aliphatic heterocycles. The van der Waals surface area contributed by atoms with Crippen molar-refractivity contribution in [3.8, 4) is 11.5 Å². The summed E-state index contributed by atoms with van der Waals surface area (Å²) in [5.74, 6) is 0.370. The zero-order chi connectivity index (χ0) is 25.5. The zero-order valence-corrected chi connectivity index (χ0v) is 20.7. The molecule has 37 heavy (non-hydrogen) atoms. The Morgan fingerprint density at radius 3 is 2.46 bits per heavy atom. The molecule has 1 atom stereocenters. The number of fused-ring (bicyclic) bond motifs is 3. The third kappa shape index (κ3) is 4.07. The molecule has 2 amide bonds. The summed E-state index contributed by atoms with van der Waals surface area (Å²) < 4.78 is 18.5. The van der Waals surface area contributed by atoms with Crippen LogP contribution in [0.5, 0.6) is 0 Å². The fraction of sp³-hybridized carbons (Fsp3) is 0.103. The van der Waals surface area contributed by atoms with Crippen LogP contribution in [0.25, 0.3) is 11.5 Å². The number of amides is 2. The molecule has 184 valence electrons. The number of hydrogen-bond acceptors (Lipinski definition) is 2. The molecule has 1 aliphatic rings. The van der Waals surface area contributed by atoms with Gasteiger partial charge in [-0.1, -0.05) is 54.1 Å². The van der Waals surface area contributed by atoms with Crippen LogP contribution >= 0.6 is 11.6 Å². The average Bonchev–Trinajstić information content (AvgIpc) is 3.47. The maximum Gasteiger partial charge on any atom is 0.323 e. The number of hydrogen-bond donors (Lipinski definition) is 1. The van der Waals surface area contributed by atoms with E-state index in [4.69, 9.17) is 16.7 Å². The second-order valence-corrected chi connectivity index (χ2v) is 9.37. The highest BCUT2D eigenvalue weighted by atomic mass is 35.5. The van der Waals surface area contributed by atoms with Gasteiger partial charge in [-0.3, -0.25) is 0 Å². The molecule has 2 aromatic heterocycles. The van der Waals surface area contributed by atoms with Crippen LogP contribution < -0.4 is 5.32 Å². The van der Waals surface area contributed by atoms with Gasteiger partial charge in [-0.05, 0) is 61.0 Å². The maximum atomic E-state index is 14.5. The lowest BCUT2D eigenvalue weighted by atomic mass is 10.0. The number of urea groups is 1. The van der Waals surface area contributed by atoms with Gasteiger partial charge in [0.25, 0.3) is 0 Å². The highest BCUT2D eigenvalue weighted by Gasteiger charge is 2.36. The van der Waals surface area contributed by atoms with Crippen molar-refractivity contribution in [2.45, 2.75) is 19.5 Å². The third-order valence-electron chi connectivity index (χ3n) is 6.65. The Kier molecular flexibility index (Phi) is 5.77. The van der Waals surface area contributed by atoms with Crippen LogP contribution in [0, 0.1) is 12.7 Å². The summed E-state index contributed by atoms with van der Waals surface area (Å²) in [4.78, 5) is 15.6. The summed E-state index contributed by atoms with van der Waals surface area (Å²) in [5.41, 5.74) is 4.51. The Hall–Kier alpha value is -4.36. The largest absolute Gasteiger partial charge is 0.323 e. The molecule has 0 bridgehead atoms. The van der Waals surface area contributed by atoms with Crippen LogP contribution in [0.4, 0.5) is 14.9 Å². The Morgan fingerprint density at radius 1 is 0.973 bits per heavy atom. The molecule has 0 saturated carbocycles. The third-order valence-corrected chi connectivity index (χ3v) is 6.90. The summed E-state index contributed by atoms with van der Waals surface area (Å²) in [7, 11) is 0. The Morgan fingerprint density at radius 2 is 1.70 bits per heavy atom. The first-order chi connectivity index (χ1) is 18.0. The van der Waals surface area contributed by atoms with Crippen molar-refractivity contribution in [3.63, 3.8) is 0 Å². The standard InChI is InChI=1S/C29H23ClFN5O/c1-19-23-18-35(29(37)32-25-11-6-5-10-24(25)31)27(20-13-15-21(30)16-14-20)26-12-7-17-34(26)28(23)36(33-19)22-8-3-2-4-9-22/h2-17,27H,18H2,1H3,(H,32,37)/t27-/m0/s1. The number of aromatic nitrogens is 3. The van der Waals surface area contributed by atoms with E-state index < -0.39 is 17.9 Å². The summed E-state index contributed by atoms with van der Waals surface area (Å²) in [6, 6.07) is 26.6. The monoisotopic (exact) mass is 511 g/mol. The molecule has 3 aromatic carbocycles. The minimum atomic E-state index is -0.495. The van der Waals surface area contributed by atoms with Crippen molar-refractivity contribution in [3.05, 3.63) is 131 Å². The van der Waals surface area contributed by atoms with E-state index in [1.807, 2.05) is 84.5 Å². The van der Waals surface area contributed by atoms with Crippen LogP contribution in [0.3, 0.4) is 0 Å². The molecule has 0 saturated heterocycles. The molecule has 0 fully saturated rings. The number of aryl methyl sites for hydroxylation is 1. The number of nitrogens with zero attached hydrogens (tertiary/aromatic N) is 4. The molecule has 0 unspecified atom stereocenters. The number of halogens is 2. The number of nitrogens with one attached hydrogen (secondary N) is 1. The van der Waals surface area contributed by atoms with Gasteiger partial charge in [-0.2, -0.15) is 5.10 Å². The second kappa shape index (κ2) is 9.26. The highest BCUT2D eigenvalue weighted by molar-refractivity contribution is 6.30. The molecule has 5 aromatic rings. The average molecular weight is 512 g/mol. The molecule has 6 rings (SSSR count). The topological polar surface area (TPSA) is 55.1 Å². The second-order valence-electron chi connectivity index (χ2n) is 8.93. The number of anilines is 1.